The molecule has 1 fully saturated rings. The van der Waals surface area contributed by atoms with Gasteiger partial charge in [0, 0.05) is 17.4 Å². The molecule has 2 heterocycles. The zero-order valence-corrected chi connectivity index (χ0v) is 9.34. The molecule has 5 heteroatoms. The van der Waals surface area contributed by atoms with Crippen molar-refractivity contribution in [3.63, 3.8) is 0 Å². The van der Waals surface area contributed by atoms with Gasteiger partial charge in [0.05, 0.1) is 18.7 Å². The zero-order chi connectivity index (χ0) is 10.9. The molecule has 1 unspecified atom stereocenters. The molecule has 1 aliphatic heterocycles. The Hall–Kier alpha value is -0.940. The molecule has 1 N–H and O–H groups in total. The predicted molar refractivity (Wildman–Crippen MR) is 56.2 cm³/mol. The van der Waals surface area contributed by atoms with Gasteiger partial charge < -0.3 is 9.84 Å². The average Bonchev–Trinajstić information content (AvgIpc) is 2.74. The number of hydrogen-bond donors (Lipinski definition) is 1. The molecule has 0 spiro atoms. The van der Waals surface area contributed by atoms with Crippen molar-refractivity contribution >= 4 is 17.3 Å². The lowest BCUT2D eigenvalue weighted by molar-refractivity contribution is -0.136. The van der Waals surface area contributed by atoms with Crippen LogP contribution in [0.15, 0.2) is 5.38 Å². The number of carboxylic acid groups (broad SMARTS) is 1. The van der Waals surface area contributed by atoms with E-state index in [1.54, 1.807) is 0 Å². The lowest BCUT2D eigenvalue weighted by Gasteiger charge is -2.17. The number of thiazole rings is 1. The van der Waals surface area contributed by atoms with Crippen molar-refractivity contribution in [2.75, 3.05) is 13.2 Å². The predicted octanol–water partition coefficient (Wildman–Crippen LogP) is 1.45. The highest BCUT2D eigenvalue weighted by atomic mass is 32.1. The van der Waals surface area contributed by atoms with Gasteiger partial charge in [0.25, 0.3) is 0 Å². The maximum Gasteiger partial charge on any atom is 0.309 e. The number of hydrogen-bond acceptors (Lipinski definition) is 4. The second-order valence-electron chi connectivity index (χ2n) is 4.08. The van der Waals surface area contributed by atoms with Crippen molar-refractivity contribution in [3.8, 4) is 0 Å². The van der Waals surface area contributed by atoms with E-state index in [2.05, 4.69) is 11.9 Å². The maximum absolute atomic E-state index is 10.5. The Bertz CT molecular complexity index is 368. The quantitative estimate of drug-likeness (QED) is 0.849. The molecule has 1 aromatic rings. The second-order valence-corrected chi connectivity index (χ2v) is 4.94. The molecule has 1 saturated heterocycles. The van der Waals surface area contributed by atoms with Crippen LogP contribution in [0.3, 0.4) is 0 Å². The van der Waals surface area contributed by atoms with Gasteiger partial charge in [-0.25, -0.2) is 4.98 Å². The molecule has 4 nitrogen and oxygen atoms in total. The number of nitrogens with zero attached hydrogens (tertiary/aromatic N) is 1. The molecule has 1 aliphatic rings. The highest BCUT2D eigenvalue weighted by Gasteiger charge is 2.34. The van der Waals surface area contributed by atoms with Crippen LogP contribution in [0, 0.1) is 0 Å². The van der Waals surface area contributed by atoms with Gasteiger partial charge in [0.2, 0.25) is 0 Å². The lowest BCUT2D eigenvalue weighted by Crippen LogP contribution is -2.21. The van der Waals surface area contributed by atoms with Crippen LogP contribution in [0.25, 0.3) is 0 Å². The number of carbonyl (C=O) groups is 1. The third kappa shape index (κ3) is 2.18. The minimum absolute atomic E-state index is 0.00738. The van der Waals surface area contributed by atoms with Crippen LogP contribution in [-0.2, 0) is 21.4 Å². The van der Waals surface area contributed by atoms with Gasteiger partial charge >= 0.3 is 5.97 Å². The van der Waals surface area contributed by atoms with E-state index in [0.717, 1.165) is 18.0 Å². The van der Waals surface area contributed by atoms with Crippen molar-refractivity contribution < 1.29 is 14.6 Å². The monoisotopic (exact) mass is 227 g/mol. The van der Waals surface area contributed by atoms with Crippen LogP contribution >= 0.6 is 11.3 Å². The summed E-state index contributed by atoms with van der Waals surface area (Å²) in [6.45, 7) is 3.57. The van der Waals surface area contributed by atoms with Gasteiger partial charge in [-0.05, 0) is 6.42 Å². The Morgan fingerprint density at radius 3 is 3.20 bits per heavy atom. The van der Waals surface area contributed by atoms with E-state index >= 15 is 0 Å². The second kappa shape index (κ2) is 3.90. The summed E-state index contributed by atoms with van der Waals surface area (Å²) < 4.78 is 5.36. The van der Waals surface area contributed by atoms with Crippen LogP contribution in [0.5, 0.6) is 0 Å². The van der Waals surface area contributed by atoms with Crippen LogP contribution in [0.4, 0.5) is 0 Å². The molecular weight excluding hydrogens is 214 g/mol. The minimum Gasteiger partial charge on any atom is -0.481 e. The first-order chi connectivity index (χ1) is 7.10. The minimum atomic E-state index is -0.834. The van der Waals surface area contributed by atoms with Crippen molar-refractivity contribution in [1.82, 2.24) is 4.98 Å². The summed E-state index contributed by atoms with van der Waals surface area (Å²) in [6.07, 6.45) is 0.973. The fourth-order valence-corrected chi connectivity index (χ4v) is 2.66. The molecule has 1 atom stereocenters. The van der Waals surface area contributed by atoms with Gasteiger partial charge in [0.1, 0.15) is 5.01 Å². The van der Waals surface area contributed by atoms with Gasteiger partial charge in [-0.15, -0.1) is 11.3 Å². The summed E-state index contributed by atoms with van der Waals surface area (Å²) >= 11 is 1.53. The number of ether oxygens (including phenoxy) is 1. The Labute approximate surface area is 91.9 Å². The van der Waals surface area contributed by atoms with Crippen LogP contribution in [-0.4, -0.2) is 29.3 Å². The molecule has 0 radical (unpaired) electrons. The number of carboxylic acids is 1. The van der Waals surface area contributed by atoms with Gasteiger partial charge in [0.15, 0.2) is 0 Å². The normalized spacial score (nSPS) is 25.7. The summed E-state index contributed by atoms with van der Waals surface area (Å²) in [7, 11) is 0. The van der Waals surface area contributed by atoms with E-state index in [0.29, 0.717) is 12.3 Å². The van der Waals surface area contributed by atoms with E-state index < -0.39 is 5.97 Å². The zero-order valence-electron chi connectivity index (χ0n) is 8.52. The fraction of sp³-hybridized carbons (Fsp3) is 0.600. The van der Waals surface area contributed by atoms with Crippen LogP contribution in [0.2, 0.25) is 0 Å². The smallest absolute Gasteiger partial charge is 0.309 e. The van der Waals surface area contributed by atoms with Crippen molar-refractivity contribution in [2.24, 2.45) is 0 Å². The highest BCUT2D eigenvalue weighted by Crippen LogP contribution is 2.34. The van der Waals surface area contributed by atoms with Crippen molar-refractivity contribution in [3.05, 3.63) is 16.1 Å². The first-order valence-electron chi connectivity index (χ1n) is 4.85. The van der Waals surface area contributed by atoms with Crippen molar-refractivity contribution in [2.45, 2.75) is 25.2 Å². The Balaban J connectivity index is 2.15. The summed E-state index contributed by atoms with van der Waals surface area (Å²) in [6, 6.07) is 0. The number of aliphatic carboxylic acids is 1. The van der Waals surface area contributed by atoms with E-state index in [4.69, 9.17) is 9.84 Å². The van der Waals surface area contributed by atoms with Gasteiger partial charge in [-0.3, -0.25) is 4.79 Å². The topological polar surface area (TPSA) is 59.4 Å². The maximum atomic E-state index is 10.5. The summed E-state index contributed by atoms with van der Waals surface area (Å²) in [5.41, 5.74) is 0.636. The largest absolute Gasteiger partial charge is 0.481 e. The van der Waals surface area contributed by atoms with E-state index in [1.807, 2.05) is 5.38 Å². The molecule has 1 aromatic heterocycles. The molecule has 0 aliphatic carbocycles. The Morgan fingerprint density at radius 1 is 1.80 bits per heavy atom. The van der Waals surface area contributed by atoms with E-state index in [-0.39, 0.29) is 11.8 Å². The lowest BCUT2D eigenvalue weighted by atomic mass is 9.91. The number of rotatable bonds is 3. The summed E-state index contributed by atoms with van der Waals surface area (Å²) in [5.74, 6) is -0.834. The summed E-state index contributed by atoms with van der Waals surface area (Å²) in [5, 5.41) is 11.5. The third-order valence-electron chi connectivity index (χ3n) is 2.62. The van der Waals surface area contributed by atoms with E-state index in [1.165, 1.54) is 11.3 Å². The SMILES string of the molecule is CC1(c2nc(CC(=O)O)cs2)CCOC1. The van der Waals surface area contributed by atoms with Crippen molar-refractivity contribution in [1.29, 1.82) is 0 Å². The first-order valence-corrected chi connectivity index (χ1v) is 5.72. The average molecular weight is 227 g/mol. The third-order valence-corrected chi connectivity index (χ3v) is 3.82. The molecule has 82 valence electrons. The standard InChI is InChI=1S/C10H13NO3S/c1-10(2-3-14-6-10)9-11-7(5-15-9)4-8(12)13/h5H,2-4,6H2,1H3,(H,12,13). The highest BCUT2D eigenvalue weighted by molar-refractivity contribution is 7.09. The van der Waals surface area contributed by atoms with Crippen LogP contribution in [0.1, 0.15) is 24.0 Å². The van der Waals surface area contributed by atoms with Gasteiger partial charge in [-0.1, -0.05) is 6.92 Å². The summed E-state index contributed by atoms with van der Waals surface area (Å²) in [4.78, 5) is 14.9. The number of aromatic nitrogens is 1. The molecule has 0 saturated carbocycles. The fourth-order valence-electron chi connectivity index (χ4n) is 1.66. The molecule has 15 heavy (non-hydrogen) atoms. The molecule has 0 bridgehead atoms. The molecule has 0 aromatic carbocycles. The first kappa shape index (κ1) is 10.6. The Morgan fingerprint density at radius 2 is 2.60 bits per heavy atom. The molecule has 2 rings (SSSR count). The molecular formula is C10H13NO3S. The van der Waals surface area contributed by atoms with Crippen LogP contribution < -0.4 is 0 Å². The Kier molecular flexibility index (Phi) is 2.75. The molecule has 0 amide bonds. The van der Waals surface area contributed by atoms with Gasteiger partial charge in [-0.2, -0.15) is 0 Å². The van der Waals surface area contributed by atoms with E-state index in [9.17, 15) is 4.79 Å².